The smallest absolute Gasteiger partial charge is 0.335 e. The quantitative estimate of drug-likeness (QED) is 0.773. The van der Waals surface area contributed by atoms with Crippen molar-refractivity contribution in [3.63, 3.8) is 0 Å². The van der Waals surface area contributed by atoms with E-state index in [-0.39, 0.29) is 0 Å². The van der Waals surface area contributed by atoms with Gasteiger partial charge in [0.25, 0.3) is 0 Å². The van der Waals surface area contributed by atoms with E-state index in [1.54, 1.807) is 30.3 Å². The van der Waals surface area contributed by atoms with Crippen molar-refractivity contribution in [2.45, 2.75) is 39.0 Å². The summed E-state index contributed by atoms with van der Waals surface area (Å²) in [6.45, 7) is 4.57. The average Bonchev–Trinajstić information content (AvgIpc) is 2.94. The van der Waals surface area contributed by atoms with Gasteiger partial charge < -0.3 is 14.9 Å². The molecule has 1 aromatic rings. The molecule has 1 N–H and O–H groups in total. The third-order valence-electron chi connectivity index (χ3n) is 3.51. The van der Waals surface area contributed by atoms with Crippen molar-refractivity contribution in [3.8, 4) is 0 Å². The van der Waals surface area contributed by atoms with Crippen LogP contribution in [0.1, 0.15) is 49.4 Å². The van der Waals surface area contributed by atoms with E-state index in [0.717, 1.165) is 6.67 Å². The highest BCUT2D eigenvalue weighted by Crippen LogP contribution is 2.07. The van der Waals surface area contributed by atoms with Crippen LogP contribution >= 0.6 is 0 Å². The first kappa shape index (κ1) is 18.1. The highest BCUT2D eigenvalue weighted by atomic mass is 16.4. The van der Waals surface area contributed by atoms with Gasteiger partial charge in [0.05, 0.1) is 12.2 Å². The molecule has 0 atom stereocenters. The molecule has 0 radical (unpaired) electrons. The van der Waals surface area contributed by atoms with E-state index in [4.69, 9.17) is 5.11 Å². The molecular weight excluding hydrogens is 276 g/mol. The maximum absolute atomic E-state index is 10.2. The van der Waals surface area contributed by atoms with Gasteiger partial charge in [-0.3, -0.25) is 0 Å². The minimum Gasteiger partial charge on any atom is -0.478 e. The highest BCUT2D eigenvalue weighted by molar-refractivity contribution is 5.87. The molecule has 122 valence electrons. The fourth-order valence-corrected chi connectivity index (χ4v) is 2.23. The lowest BCUT2D eigenvalue weighted by molar-refractivity contribution is 0.0697. The van der Waals surface area contributed by atoms with Gasteiger partial charge in [-0.15, -0.1) is 0 Å². The molecular formula is C18H28N2O2. The molecule has 4 heteroatoms. The SMILES string of the molecule is CCCCCCCN1C=CN(C)C1.O=C(O)c1ccccc1. The Balaban J connectivity index is 0.000000235. The second-order valence-electron chi connectivity index (χ2n) is 5.59. The van der Waals surface area contributed by atoms with Crippen LogP contribution in [-0.2, 0) is 0 Å². The zero-order chi connectivity index (χ0) is 16.2. The zero-order valence-corrected chi connectivity index (χ0v) is 13.7. The average molecular weight is 304 g/mol. The first-order valence-electron chi connectivity index (χ1n) is 8.04. The van der Waals surface area contributed by atoms with Crippen LogP contribution in [0.4, 0.5) is 0 Å². The van der Waals surface area contributed by atoms with Gasteiger partial charge in [0.2, 0.25) is 0 Å². The molecule has 0 spiro atoms. The van der Waals surface area contributed by atoms with Crippen molar-refractivity contribution >= 4 is 5.97 Å². The Morgan fingerprint density at radius 2 is 1.77 bits per heavy atom. The van der Waals surface area contributed by atoms with Crippen molar-refractivity contribution in [2.24, 2.45) is 0 Å². The van der Waals surface area contributed by atoms with Crippen LogP contribution in [0.3, 0.4) is 0 Å². The molecule has 0 saturated carbocycles. The van der Waals surface area contributed by atoms with Gasteiger partial charge in [-0.05, 0) is 18.6 Å². The summed E-state index contributed by atoms with van der Waals surface area (Å²) >= 11 is 0. The number of nitrogens with zero attached hydrogens (tertiary/aromatic N) is 2. The maximum Gasteiger partial charge on any atom is 0.335 e. The van der Waals surface area contributed by atoms with Crippen LogP contribution in [0, 0.1) is 0 Å². The number of unbranched alkanes of at least 4 members (excludes halogenated alkanes) is 4. The number of benzene rings is 1. The summed E-state index contributed by atoms with van der Waals surface area (Å²) in [7, 11) is 2.12. The van der Waals surface area contributed by atoms with Crippen molar-refractivity contribution in [2.75, 3.05) is 20.3 Å². The van der Waals surface area contributed by atoms with Crippen LogP contribution in [0.5, 0.6) is 0 Å². The lowest BCUT2D eigenvalue weighted by Crippen LogP contribution is -2.23. The van der Waals surface area contributed by atoms with E-state index in [0.29, 0.717) is 5.56 Å². The number of hydrogen-bond acceptors (Lipinski definition) is 3. The predicted octanol–water partition coefficient (Wildman–Crippen LogP) is 4.02. The van der Waals surface area contributed by atoms with Gasteiger partial charge >= 0.3 is 5.97 Å². The molecule has 0 bridgehead atoms. The molecule has 1 heterocycles. The largest absolute Gasteiger partial charge is 0.478 e. The first-order chi connectivity index (χ1) is 10.6. The summed E-state index contributed by atoms with van der Waals surface area (Å²) in [5, 5.41) is 8.38. The van der Waals surface area contributed by atoms with Crippen molar-refractivity contribution in [1.29, 1.82) is 0 Å². The van der Waals surface area contributed by atoms with Crippen LogP contribution in [0.2, 0.25) is 0 Å². The van der Waals surface area contributed by atoms with Crippen molar-refractivity contribution < 1.29 is 9.90 Å². The monoisotopic (exact) mass is 304 g/mol. The number of rotatable bonds is 7. The standard InChI is InChI=1S/C11H22N2.C7H6O2/c1-3-4-5-6-7-8-13-10-9-12(2)11-13;8-7(9)6-4-2-1-3-5-6/h9-10H,3-8,11H2,1-2H3;1-5H,(H,8,9). The molecule has 0 unspecified atom stereocenters. The fraction of sp³-hybridized carbons (Fsp3) is 0.500. The van der Waals surface area contributed by atoms with Gasteiger partial charge in [-0.2, -0.15) is 0 Å². The van der Waals surface area contributed by atoms with Gasteiger partial charge in [-0.1, -0.05) is 50.8 Å². The molecule has 2 rings (SSSR count). The Morgan fingerprint density at radius 1 is 1.09 bits per heavy atom. The Hall–Kier alpha value is -1.97. The van der Waals surface area contributed by atoms with Gasteiger partial charge in [0.15, 0.2) is 0 Å². The summed E-state index contributed by atoms with van der Waals surface area (Å²) < 4.78 is 0. The van der Waals surface area contributed by atoms with Crippen LogP contribution < -0.4 is 0 Å². The lowest BCUT2D eigenvalue weighted by atomic mass is 10.1. The molecule has 1 aliphatic heterocycles. The molecule has 22 heavy (non-hydrogen) atoms. The normalized spacial score (nSPS) is 13.0. The Kier molecular flexibility index (Phi) is 8.80. The van der Waals surface area contributed by atoms with E-state index < -0.39 is 5.97 Å². The fourth-order valence-electron chi connectivity index (χ4n) is 2.23. The van der Waals surface area contributed by atoms with E-state index in [1.165, 1.54) is 38.6 Å². The second-order valence-corrected chi connectivity index (χ2v) is 5.59. The third-order valence-corrected chi connectivity index (χ3v) is 3.51. The molecule has 1 aliphatic rings. The number of aromatic carboxylic acids is 1. The Labute approximate surface area is 134 Å². The highest BCUT2D eigenvalue weighted by Gasteiger charge is 2.06. The zero-order valence-electron chi connectivity index (χ0n) is 13.7. The number of carboxylic acids is 1. The van der Waals surface area contributed by atoms with E-state index in [1.807, 2.05) is 0 Å². The summed E-state index contributed by atoms with van der Waals surface area (Å²) in [4.78, 5) is 14.8. The van der Waals surface area contributed by atoms with Crippen molar-refractivity contribution in [3.05, 3.63) is 48.3 Å². The third kappa shape index (κ3) is 7.72. The molecule has 0 saturated heterocycles. The summed E-state index contributed by atoms with van der Waals surface area (Å²) in [5.74, 6) is -0.879. The lowest BCUT2D eigenvalue weighted by Gasteiger charge is -2.17. The molecule has 1 aromatic carbocycles. The van der Waals surface area contributed by atoms with E-state index in [9.17, 15) is 4.79 Å². The first-order valence-corrected chi connectivity index (χ1v) is 8.04. The van der Waals surface area contributed by atoms with Crippen LogP contribution in [0.15, 0.2) is 42.7 Å². The molecule has 0 amide bonds. The predicted molar refractivity (Wildman–Crippen MR) is 90.6 cm³/mol. The maximum atomic E-state index is 10.2. The topological polar surface area (TPSA) is 43.8 Å². The summed E-state index contributed by atoms with van der Waals surface area (Å²) in [5.41, 5.74) is 0.331. The Bertz CT molecular complexity index is 446. The van der Waals surface area contributed by atoms with E-state index in [2.05, 4.69) is 36.2 Å². The molecule has 0 aromatic heterocycles. The van der Waals surface area contributed by atoms with Crippen molar-refractivity contribution in [1.82, 2.24) is 9.80 Å². The van der Waals surface area contributed by atoms with Crippen LogP contribution in [-0.4, -0.2) is 41.1 Å². The number of hydrogen-bond donors (Lipinski definition) is 1. The van der Waals surface area contributed by atoms with E-state index >= 15 is 0 Å². The second kappa shape index (κ2) is 10.7. The number of carboxylic acid groups (broad SMARTS) is 1. The van der Waals surface area contributed by atoms with Gasteiger partial charge in [-0.25, -0.2) is 4.79 Å². The summed E-state index contributed by atoms with van der Waals surface area (Å²) in [6.07, 6.45) is 11.2. The minimum absolute atomic E-state index is 0.331. The van der Waals surface area contributed by atoms with Crippen LogP contribution in [0.25, 0.3) is 0 Å². The van der Waals surface area contributed by atoms with Gasteiger partial charge in [0.1, 0.15) is 0 Å². The molecule has 0 aliphatic carbocycles. The summed E-state index contributed by atoms with van der Waals surface area (Å²) in [6, 6.07) is 8.30. The number of carbonyl (C=O) groups is 1. The molecule has 4 nitrogen and oxygen atoms in total. The van der Waals surface area contributed by atoms with Gasteiger partial charge in [0, 0.05) is 26.0 Å². The minimum atomic E-state index is -0.879. The molecule has 0 fully saturated rings. The Morgan fingerprint density at radius 3 is 2.27 bits per heavy atom.